The van der Waals surface area contributed by atoms with E-state index >= 15 is 0 Å². The van der Waals surface area contributed by atoms with Crippen LogP contribution in [0.4, 0.5) is 0 Å². The fourth-order valence-electron chi connectivity index (χ4n) is 4.44. The van der Waals surface area contributed by atoms with Crippen LogP contribution in [0.25, 0.3) is 10.9 Å². The summed E-state index contributed by atoms with van der Waals surface area (Å²) in [6, 6.07) is 3.34. The van der Waals surface area contributed by atoms with Gasteiger partial charge in [0, 0.05) is 30.1 Å². The second kappa shape index (κ2) is 15.6. The lowest BCUT2D eigenvalue weighted by Gasteiger charge is -2.26. The third-order valence-electron chi connectivity index (χ3n) is 6.60. The van der Waals surface area contributed by atoms with Crippen molar-refractivity contribution in [3.05, 3.63) is 36.0 Å². The molecule has 11 N–H and O–H groups in total. The largest absolute Gasteiger partial charge is 0.480 e. The fourth-order valence-corrected chi connectivity index (χ4v) is 4.44. The minimum Gasteiger partial charge on any atom is -0.480 e. The number of aromatic nitrogens is 1. The predicted octanol–water partition coefficient (Wildman–Crippen LogP) is 0.332. The van der Waals surface area contributed by atoms with Crippen LogP contribution in [0.2, 0.25) is 0 Å². The van der Waals surface area contributed by atoms with Crippen LogP contribution in [-0.4, -0.2) is 70.5 Å². The monoisotopic (exact) mass is 572 g/mol. The third kappa shape index (κ3) is 10.4. The molecule has 41 heavy (non-hydrogen) atoms. The van der Waals surface area contributed by atoms with Gasteiger partial charge in [-0.1, -0.05) is 45.9 Å². The predicted molar refractivity (Wildman–Crippen MR) is 158 cm³/mol. The number of fused-ring (bicyclic) bond motifs is 1. The van der Waals surface area contributed by atoms with Gasteiger partial charge in [0.15, 0.2) is 5.96 Å². The maximum atomic E-state index is 13.6. The van der Waals surface area contributed by atoms with E-state index in [4.69, 9.17) is 17.2 Å². The van der Waals surface area contributed by atoms with E-state index in [-0.39, 0.29) is 31.3 Å². The van der Waals surface area contributed by atoms with Gasteiger partial charge in [-0.25, -0.2) is 4.79 Å². The number of rotatable bonds is 16. The number of guanidine groups is 1. The highest BCUT2D eigenvalue weighted by atomic mass is 16.4. The number of aromatic amines is 1. The van der Waals surface area contributed by atoms with Crippen LogP contribution in [0, 0.1) is 11.8 Å². The summed E-state index contributed by atoms with van der Waals surface area (Å²) in [5, 5.41) is 18.5. The lowest BCUT2D eigenvalue weighted by atomic mass is 10.0. The number of hydrogen-bond acceptors (Lipinski definition) is 6. The Morgan fingerprint density at radius 2 is 1.59 bits per heavy atom. The average molecular weight is 573 g/mol. The van der Waals surface area contributed by atoms with E-state index in [9.17, 15) is 24.3 Å². The van der Waals surface area contributed by atoms with Gasteiger partial charge in [0.2, 0.25) is 17.7 Å². The highest BCUT2D eigenvalue weighted by Crippen LogP contribution is 2.19. The first-order chi connectivity index (χ1) is 19.3. The number of carbonyl (C=O) groups is 4. The van der Waals surface area contributed by atoms with E-state index in [1.165, 1.54) is 0 Å². The van der Waals surface area contributed by atoms with E-state index < -0.39 is 53.8 Å². The highest BCUT2D eigenvalue weighted by molar-refractivity contribution is 5.95. The molecule has 1 aromatic heterocycles. The van der Waals surface area contributed by atoms with Crippen molar-refractivity contribution >= 4 is 40.6 Å². The third-order valence-corrected chi connectivity index (χ3v) is 6.60. The minimum absolute atomic E-state index is 0.0769. The first-order valence-electron chi connectivity index (χ1n) is 13.8. The summed E-state index contributed by atoms with van der Waals surface area (Å²) in [7, 11) is 0. The van der Waals surface area contributed by atoms with Crippen LogP contribution in [0.5, 0.6) is 0 Å². The number of benzene rings is 1. The first kappa shape index (κ1) is 33.1. The summed E-state index contributed by atoms with van der Waals surface area (Å²) < 4.78 is 0. The lowest BCUT2D eigenvalue weighted by Crippen LogP contribution is -2.58. The van der Waals surface area contributed by atoms with Crippen LogP contribution in [0.15, 0.2) is 35.5 Å². The van der Waals surface area contributed by atoms with Gasteiger partial charge in [-0.3, -0.25) is 19.4 Å². The molecule has 0 aliphatic heterocycles. The van der Waals surface area contributed by atoms with Crippen molar-refractivity contribution in [3.8, 4) is 0 Å². The molecule has 4 unspecified atom stereocenters. The van der Waals surface area contributed by atoms with Crippen molar-refractivity contribution in [1.29, 1.82) is 0 Å². The number of amides is 3. The molecule has 0 bridgehead atoms. The first-order valence-corrected chi connectivity index (χ1v) is 13.8. The molecule has 0 saturated heterocycles. The van der Waals surface area contributed by atoms with Crippen LogP contribution >= 0.6 is 0 Å². The maximum absolute atomic E-state index is 13.6. The summed E-state index contributed by atoms with van der Waals surface area (Å²) in [4.78, 5) is 58.6. The number of H-pyrrole nitrogens is 1. The Bertz CT molecular complexity index is 1220. The van der Waals surface area contributed by atoms with Gasteiger partial charge >= 0.3 is 5.97 Å². The molecule has 2 rings (SSSR count). The standard InChI is InChI=1S/C28H44N8O5/c1-15(2)12-19(29)24(37)34-21(10-7-11-32-28(30)31)25(38)35-22(26(39)36-23(16(3)4)27(40)41)13-17-14-33-20-9-6-5-8-18(17)20/h5-6,8-9,14-16,19,21-23,33H,7,10-13,29H2,1-4H3,(H,34,37)(H,35,38)(H,36,39)(H,40,41)(H4,30,31,32). The molecular formula is C28H44N8O5. The Hall–Kier alpha value is -4.13. The number of nitrogens with two attached hydrogens (primary N) is 3. The Labute approximate surface area is 240 Å². The van der Waals surface area contributed by atoms with E-state index in [2.05, 4.69) is 25.9 Å². The number of carboxylic acids is 1. The lowest BCUT2D eigenvalue weighted by molar-refractivity contribution is -0.143. The quantitative estimate of drug-likeness (QED) is 0.0791. The molecule has 3 amide bonds. The molecule has 2 aromatic rings. The fraction of sp³-hybridized carbons (Fsp3) is 0.536. The minimum atomic E-state index is -1.19. The van der Waals surface area contributed by atoms with Crippen molar-refractivity contribution in [2.24, 2.45) is 34.0 Å². The summed E-state index contributed by atoms with van der Waals surface area (Å²) >= 11 is 0. The summed E-state index contributed by atoms with van der Waals surface area (Å²) in [5.41, 5.74) is 18.4. The van der Waals surface area contributed by atoms with Gasteiger partial charge < -0.3 is 43.2 Å². The molecule has 0 saturated carbocycles. The zero-order valence-corrected chi connectivity index (χ0v) is 24.1. The number of nitrogens with one attached hydrogen (secondary N) is 4. The molecular weight excluding hydrogens is 528 g/mol. The molecule has 13 nitrogen and oxygen atoms in total. The topological polar surface area (TPSA) is 231 Å². The van der Waals surface area contributed by atoms with E-state index in [0.29, 0.717) is 12.8 Å². The number of nitrogens with zero attached hydrogens (tertiary/aromatic N) is 1. The molecule has 0 radical (unpaired) electrons. The normalized spacial score (nSPS) is 14.2. The van der Waals surface area contributed by atoms with Gasteiger partial charge in [-0.15, -0.1) is 0 Å². The smallest absolute Gasteiger partial charge is 0.326 e. The number of carbonyl (C=O) groups excluding carboxylic acids is 3. The average Bonchev–Trinajstić information content (AvgIpc) is 3.30. The highest BCUT2D eigenvalue weighted by Gasteiger charge is 2.32. The van der Waals surface area contributed by atoms with Crippen LogP contribution < -0.4 is 33.2 Å². The van der Waals surface area contributed by atoms with Gasteiger partial charge in [0.05, 0.1) is 6.04 Å². The number of aliphatic carboxylic acids is 1. The molecule has 1 aromatic carbocycles. The van der Waals surface area contributed by atoms with Crippen molar-refractivity contribution in [3.63, 3.8) is 0 Å². The van der Waals surface area contributed by atoms with E-state index in [1.807, 2.05) is 38.1 Å². The molecule has 0 fully saturated rings. The molecule has 0 aliphatic carbocycles. The van der Waals surface area contributed by atoms with Crippen LogP contribution in [0.1, 0.15) is 52.5 Å². The summed E-state index contributed by atoms with van der Waals surface area (Å²) in [6.45, 7) is 7.45. The molecule has 226 valence electrons. The van der Waals surface area contributed by atoms with Crippen molar-refractivity contribution in [2.45, 2.75) is 77.5 Å². The Morgan fingerprint density at radius 3 is 2.20 bits per heavy atom. The van der Waals surface area contributed by atoms with Gasteiger partial charge in [-0.2, -0.15) is 0 Å². The number of hydrogen-bond donors (Lipinski definition) is 8. The van der Waals surface area contributed by atoms with Gasteiger partial charge in [-0.05, 0) is 42.7 Å². The Kier molecular flexibility index (Phi) is 12.6. The SMILES string of the molecule is CC(C)CC(N)C(=O)NC(CCCN=C(N)N)C(=O)NC(Cc1c[nH]c2ccccc12)C(=O)NC(C(=O)O)C(C)C. The Morgan fingerprint density at radius 1 is 0.951 bits per heavy atom. The number of para-hydroxylation sites is 1. The van der Waals surface area contributed by atoms with Crippen molar-refractivity contribution < 1.29 is 24.3 Å². The second-order valence-corrected chi connectivity index (χ2v) is 10.9. The van der Waals surface area contributed by atoms with Crippen LogP contribution in [0.3, 0.4) is 0 Å². The zero-order valence-electron chi connectivity index (χ0n) is 24.1. The molecule has 0 spiro atoms. The van der Waals surface area contributed by atoms with Crippen molar-refractivity contribution in [2.75, 3.05) is 6.54 Å². The van der Waals surface area contributed by atoms with Gasteiger partial charge in [0.1, 0.15) is 18.1 Å². The zero-order chi connectivity index (χ0) is 30.7. The van der Waals surface area contributed by atoms with E-state index in [1.54, 1.807) is 20.0 Å². The summed E-state index contributed by atoms with van der Waals surface area (Å²) in [6.07, 6.45) is 2.78. The number of aliphatic imine (C=N–C) groups is 1. The maximum Gasteiger partial charge on any atom is 0.326 e. The molecule has 0 aliphatic rings. The molecule has 1 heterocycles. The van der Waals surface area contributed by atoms with Crippen molar-refractivity contribution in [1.82, 2.24) is 20.9 Å². The molecule has 13 heteroatoms. The Balaban J connectivity index is 2.33. The van der Waals surface area contributed by atoms with Gasteiger partial charge in [0.25, 0.3) is 0 Å². The second-order valence-electron chi connectivity index (χ2n) is 10.9. The van der Waals surface area contributed by atoms with Crippen LogP contribution in [-0.2, 0) is 25.6 Å². The summed E-state index contributed by atoms with van der Waals surface area (Å²) in [5.74, 6) is -3.28. The molecule has 4 atom stereocenters. The number of carboxylic acid groups (broad SMARTS) is 1. The van der Waals surface area contributed by atoms with E-state index in [0.717, 1.165) is 16.5 Å².